The van der Waals surface area contributed by atoms with Crippen molar-refractivity contribution in [3.05, 3.63) is 0 Å². The van der Waals surface area contributed by atoms with Gasteiger partial charge in [0, 0.05) is 5.41 Å². The molecule has 0 N–H and O–H groups in total. The number of hydrogen-bond donors (Lipinski definition) is 0. The average molecular weight is 291 g/mol. The Labute approximate surface area is 128 Å². The Hall–Kier alpha value is -0.570. The van der Waals surface area contributed by atoms with Gasteiger partial charge in [-0.05, 0) is 89.3 Å². The van der Waals surface area contributed by atoms with Gasteiger partial charge in [-0.3, -0.25) is 4.79 Å². The highest BCUT2D eigenvalue weighted by atomic mass is 16.5. The van der Waals surface area contributed by atoms with E-state index in [2.05, 4.69) is 11.9 Å². The minimum absolute atomic E-state index is 0.0962. The number of nitrogens with zero attached hydrogens (tertiary/aromatic N) is 1. The first kappa shape index (κ1) is 14.0. The summed E-state index contributed by atoms with van der Waals surface area (Å²) in [5.74, 6) is 3.09. The number of piperidine rings is 1. The summed E-state index contributed by atoms with van der Waals surface area (Å²) in [6.45, 7) is 2.80. The predicted octanol–water partition coefficient (Wildman–Crippen LogP) is 3.09. The highest BCUT2D eigenvalue weighted by molar-refractivity contribution is 5.72. The molecule has 5 aliphatic rings. The van der Waals surface area contributed by atoms with Crippen LogP contribution >= 0.6 is 0 Å². The van der Waals surface area contributed by atoms with Gasteiger partial charge in [-0.15, -0.1) is 0 Å². The largest absolute Gasteiger partial charge is 0.465 e. The second kappa shape index (κ2) is 5.26. The van der Waals surface area contributed by atoms with Gasteiger partial charge in [0.1, 0.15) is 0 Å². The topological polar surface area (TPSA) is 29.5 Å². The lowest BCUT2D eigenvalue weighted by Crippen LogP contribution is -2.48. The van der Waals surface area contributed by atoms with Gasteiger partial charge in [0.15, 0.2) is 0 Å². The summed E-state index contributed by atoms with van der Waals surface area (Å²) in [6.07, 6.45) is 10.3. The average Bonchev–Trinajstić information content (AvgIpc) is 2.44. The molecule has 0 radical (unpaired) electrons. The molecule has 0 aromatic heterocycles. The maximum absolute atomic E-state index is 12.4. The molecule has 4 saturated carbocycles. The van der Waals surface area contributed by atoms with Crippen LogP contribution in [0.5, 0.6) is 0 Å². The molecule has 1 heterocycles. The zero-order valence-electron chi connectivity index (χ0n) is 13.4. The highest BCUT2D eigenvalue weighted by Gasteiger charge is 2.51. The van der Waals surface area contributed by atoms with E-state index in [1.54, 1.807) is 0 Å². The van der Waals surface area contributed by atoms with Gasteiger partial charge >= 0.3 is 5.97 Å². The first-order chi connectivity index (χ1) is 10.1. The second-order valence-corrected chi connectivity index (χ2v) is 8.60. The standard InChI is InChI=1S/C18H29NO2/c1-19-4-2-16(3-5-19)17(20)21-12-18-9-13-6-14(10-18)8-15(7-13)11-18/h13-16H,2-12H2,1H3. The molecule has 0 unspecified atom stereocenters. The van der Waals surface area contributed by atoms with Gasteiger partial charge < -0.3 is 9.64 Å². The third-order valence-electron chi connectivity index (χ3n) is 6.74. The minimum atomic E-state index is 0.0962. The van der Waals surface area contributed by atoms with Crippen molar-refractivity contribution in [2.24, 2.45) is 29.1 Å². The highest BCUT2D eigenvalue weighted by Crippen LogP contribution is 2.60. The maximum Gasteiger partial charge on any atom is 0.309 e. The predicted molar refractivity (Wildman–Crippen MR) is 81.8 cm³/mol. The molecule has 1 saturated heterocycles. The monoisotopic (exact) mass is 291 g/mol. The SMILES string of the molecule is CN1CCC(C(=O)OCC23CC4CC(CC(C4)C2)C3)CC1. The lowest BCUT2D eigenvalue weighted by molar-refractivity contribution is -0.161. The fourth-order valence-electron chi connectivity index (χ4n) is 6.05. The van der Waals surface area contributed by atoms with Crippen molar-refractivity contribution in [3.63, 3.8) is 0 Å². The lowest BCUT2D eigenvalue weighted by Gasteiger charge is -2.56. The van der Waals surface area contributed by atoms with E-state index in [-0.39, 0.29) is 11.9 Å². The number of rotatable bonds is 3. The van der Waals surface area contributed by atoms with Gasteiger partial charge in [-0.25, -0.2) is 0 Å². The molecular weight excluding hydrogens is 262 g/mol. The van der Waals surface area contributed by atoms with Crippen molar-refractivity contribution >= 4 is 5.97 Å². The third-order valence-corrected chi connectivity index (χ3v) is 6.74. The fourth-order valence-corrected chi connectivity index (χ4v) is 6.05. The van der Waals surface area contributed by atoms with Crippen LogP contribution in [0.25, 0.3) is 0 Å². The van der Waals surface area contributed by atoms with Crippen molar-refractivity contribution in [2.45, 2.75) is 51.4 Å². The number of likely N-dealkylation sites (tertiary alicyclic amines) is 1. The molecule has 3 heteroatoms. The molecule has 5 fully saturated rings. The van der Waals surface area contributed by atoms with E-state index in [9.17, 15) is 4.79 Å². The Morgan fingerprint density at radius 2 is 1.57 bits per heavy atom. The van der Waals surface area contributed by atoms with E-state index < -0.39 is 0 Å². The van der Waals surface area contributed by atoms with Gasteiger partial charge in [0.25, 0.3) is 0 Å². The zero-order valence-corrected chi connectivity index (χ0v) is 13.4. The molecule has 0 aromatic rings. The second-order valence-electron chi connectivity index (χ2n) is 8.60. The molecule has 21 heavy (non-hydrogen) atoms. The van der Waals surface area contributed by atoms with Crippen LogP contribution in [-0.2, 0) is 9.53 Å². The molecule has 3 nitrogen and oxygen atoms in total. The molecule has 4 aliphatic carbocycles. The molecule has 5 rings (SSSR count). The van der Waals surface area contributed by atoms with Crippen LogP contribution in [0.15, 0.2) is 0 Å². The van der Waals surface area contributed by atoms with E-state index >= 15 is 0 Å². The fraction of sp³-hybridized carbons (Fsp3) is 0.944. The van der Waals surface area contributed by atoms with Crippen molar-refractivity contribution in [1.82, 2.24) is 4.90 Å². The van der Waals surface area contributed by atoms with Crippen LogP contribution in [0.4, 0.5) is 0 Å². The van der Waals surface area contributed by atoms with Gasteiger partial charge in [0.05, 0.1) is 12.5 Å². The van der Waals surface area contributed by atoms with Crippen molar-refractivity contribution < 1.29 is 9.53 Å². The van der Waals surface area contributed by atoms with Gasteiger partial charge in [-0.2, -0.15) is 0 Å². The van der Waals surface area contributed by atoms with Crippen molar-refractivity contribution in [3.8, 4) is 0 Å². The van der Waals surface area contributed by atoms with Gasteiger partial charge in [0.2, 0.25) is 0 Å². The molecule has 1 aliphatic heterocycles. The summed E-state index contributed by atoms with van der Waals surface area (Å²) in [5.41, 5.74) is 0.371. The number of esters is 1. The van der Waals surface area contributed by atoms with E-state index in [0.717, 1.165) is 50.3 Å². The molecule has 0 aromatic carbocycles. The van der Waals surface area contributed by atoms with Crippen LogP contribution in [0.1, 0.15) is 51.4 Å². The molecule has 0 atom stereocenters. The quantitative estimate of drug-likeness (QED) is 0.748. The number of carbonyl (C=O) groups is 1. The molecule has 118 valence electrons. The summed E-state index contributed by atoms with van der Waals surface area (Å²) in [7, 11) is 2.14. The first-order valence-corrected chi connectivity index (χ1v) is 8.97. The Morgan fingerprint density at radius 3 is 2.10 bits per heavy atom. The molecule has 4 bridgehead atoms. The van der Waals surface area contributed by atoms with Crippen LogP contribution in [0.3, 0.4) is 0 Å². The summed E-state index contributed by atoms with van der Waals surface area (Å²) < 4.78 is 5.84. The summed E-state index contributed by atoms with van der Waals surface area (Å²) in [6, 6.07) is 0. The van der Waals surface area contributed by atoms with E-state index in [4.69, 9.17) is 4.74 Å². The minimum Gasteiger partial charge on any atom is -0.465 e. The Morgan fingerprint density at radius 1 is 1.05 bits per heavy atom. The Balaban J connectivity index is 1.33. The van der Waals surface area contributed by atoms with Crippen LogP contribution < -0.4 is 0 Å². The smallest absolute Gasteiger partial charge is 0.309 e. The molecule has 0 spiro atoms. The van der Waals surface area contributed by atoms with E-state index in [0.29, 0.717) is 5.41 Å². The Kier molecular flexibility index (Phi) is 3.52. The number of carbonyl (C=O) groups excluding carboxylic acids is 1. The maximum atomic E-state index is 12.4. The first-order valence-electron chi connectivity index (χ1n) is 8.97. The van der Waals surface area contributed by atoms with E-state index in [1.807, 2.05) is 0 Å². The van der Waals surface area contributed by atoms with E-state index in [1.165, 1.54) is 38.5 Å². The van der Waals surface area contributed by atoms with Gasteiger partial charge in [-0.1, -0.05) is 0 Å². The molecular formula is C18H29NO2. The van der Waals surface area contributed by atoms with Crippen LogP contribution in [0, 0.1) is 29.1 Å². The normalized spacial score (nSPS) is 43.2. The van der Waals surface area contributed by atoms with Crippen molar-refractivity contribution in [2.75, 3.05) is 26.7 Å². The summed E-state index contributed by atoms with van der Waals surface area (Å²) >= 11 is 0. The zero-order chi connectivity index (χ0) is 14.4. The van der Waals surface area contributed by atoms with Crippen LogP contribution in [-0.4, -0.2) is 37.6 Å². The molecule has 0 amide bonds. The summed E-state index contributed by atoms with van der Waals surface area (Å²) in [4.78, 5) is 14.7. The number of ether oxygens (including phenoxy) is 1. The Bertz CT molecular complexity index is 376. The number of hydrogen-bond acceptors (Lipinski definition) is 3. The van der Waals surface area contributed by atoms with Crippen LogP contribution in [0.2, 0.25) is 0 Å². The lowest BCUT2D eigenvalue weighted by atomic mass is 9.50. The third kappa shape index (κ3) is 2.74. The summed E-state index contributed by atoms with van der Waals surface area (Å²) in [5, 5.41) is 0. The van der Waals surface area contributed by atoms with Crippen molar-refractivity contribution in [1.29, 1.82) is 0 Å².